The number of phenolic OH excluding ortho intramolecular Hbond substituents is 1. The van der Waals surface area contributed by atoms with E-state index in [1.54, 1.807) is 13.2 Å². The lowest BCUT2D eigenvalue weighted by molar-refractivity contribution is -0.0884. The van der Waals surface area contributed by atoms with E-state index in [0.717, 1.165) is 18.5 Å². The highest BCUT2D eigenvalue weighted by molar-refractivity contribution is 5.32. The fourth-order valence-corrected chi connectivity index (χ4v) is 3.26. The Bertz CT molecular complexity index is 392. The molecule has 2 rings (SSSR count). The summed E-state index contributed by atoms with van der Waals surface area (Å²) in [6, 6.07) is 7.52. The SMILES string of the molecule is CNC[C@H]1CCCC[C@]1(OC)c1cccc(O)c1. The van der Waals surface area contributed by atoms with Crippen LogP contribution in [0.2, 0.25) is 0 Å². The van der Waals surface area contributed by atoms with Crippen molar-refractivity contribution < 1.29 is 9.84 Å². The Morgan fingerprint density at radius 3 is 2.94 bits per heavy atom. The first kappa shape index (κ1) is 13.4. The van der Waals surface area contributed by atoms with Crippen LogP contribution in [0.5, 0.6) is 5.75 Å². The number of ether oxygens (including phenoxy) is 1. The van der Waals surface area contributed by atoms with E-state index in [1.807, 2.05) is 19.2 Å². The predicted octanol–water partition coefficient (Wildman–Crippen LogP) is 2.64. The molecule has 0 heterocycles. The van der Waals surface area contributed by atoms with Gasteiger partial charge in [-0.15, -0.1) is 0 Å². The average molecular weight is 249 g/mol. The van der Waals surface area contributed by atoms with Crippen LogP contribution in [0, 0.1) is 5.92 Å². The van der Waals surface area contributed by atoms with Crippen molar-refractivity contribution >= 4 is 0 Å². The normalized spacial score (nSPS) is 28.2. The molecule has 1 saturated carbocycles. The van der Waals surface area contributed by atoms with Crippen LogP contribution >= 0.6 is 0 Å². The molecular formula is C15H23NO2. The lowest BCUT2D eigenvalue weighted by Gasteiger charge is -2.43. The summed E-state index contributed by atoms with van der Waals surface area (Å²) in [7, 11) is 3.77. The molecule has 0 unspecified atom stereocenters. The molecule has 100 valence electrons. The summed E-state index contributed by atoms with van der Waals surface area (Å²) in [5, 5.41) is 13.0. The van der Waals surface area contributed by atoms with Crippen LogP contribution in [-0.2, 0) is 10.3 Å². The summed E-state index contributed by atoms with van der Waals surface area (Å²) in [6.07, 6.45) is 4.64. The molecule has 3 nitrogen and oxygen atoms in total. The van der Waals surface area contributed by atoms with Gasteiger partial charge in [-0.1, -0.05) is 25.0 Å². The van der Waals surface area contributed by atoms with Crippen LogP contribution in [0.1, 0.15) is 31.2 Å². The van der Waals surface area contributed by atoms with E-state index in [-0.39, 0.29) is 5.60 Å². The first-order valence-corrected chi connectivity index (χ1v) is 6.72. The number of nitrogens with one attached hydrogen (secondary N) is 1. The van der Waals surface area contributed by atoms with Gasteiger partial charge in [0.1, 0.15) is 5.75 Å². The van der Waals surface area contributed by atoms with Gasteiger partial charge in [-0.2, -0.15) is 0 Å². The Kier molecular flexibility index (Phi) is 4.25. The van der Waals surface area contributed by atoms with Crippen LogP contribution in [0.15, 0.2) is 24.3 Å². The molecule has 1 aromatic rings. The van der Waals surface area contributed by atoms with Crippen molar-refractivity contribution in [3.63, 3.8) is 0 Å². The summed E-state index contributed by atoms with van der Waals surface area (Å²) < 4.78 is 5.93. The highest BCUT2D eigenvalue weighted by Gasteiger charge is 2.42. The van der Waals surface area contributed by atoms with Crippen LogP contribution in [0.4, 0.5) is 0 Å². The van der Waals surface area contributed by atoms with Crippen molar-refractivity contribution in [3.8, 4) is 5.75 Å². The van der Waals surface area contributed by atoms with Gasteiger partial charge in [0.25, 0.3) is 0 Å². The molecule has 3 heteroatoms. The van der Waals surface area contributed by atoms with Gasteiger partial charge in [0.15, 0.2) is 0 Å². The van der Waals surface area contributed by atoms with Crippen molar-refractivity contribution in [1.29, 1.82) is 0 Å². The first-order valence-electron chi connectivity index (χ1n) is 6.72. The largest absolute Gasteiger partial charge is 0.508 e. The molecule has 1 aromatic carbocycles. The van der Waals surface area contributed by atoms with Crippen molar-refractivity contribution in [2.45, 2.75) is 31.3 Å². The Labute approximate surface area is 109 Å². The lowest BCUT2D eigenvalue weighted by atomic mass is 9.71. The molecular weight excluding hydrogens is 226 g/mol. The third kappa shape index (κ3) is 2.38. The summed E-state index contributed by atoms with van der Waals surface area (Å²) in [5.74, 6) is 0.778. The maximum Gasteiger partial charge on any atom is 0.115 e. The third-order valence-electron chi connectivity index (χ3n) is 4.16. The number of methoxy groups -OCH3 is 1. The van der Waals surface area contributed by atoms with Crippen LogP contribution in [-0.4, -0.2) is 25.8 Å². The molecule has 0 aliphatic heterocycles. The summed E-state index contributed by atoms with van der Waals surface area (Å²) in [5.41, 5.74) is 0.852. The van der Waals surface area contributed by atoms with Gasteiger partial charge in [0.2, 0.25) is 0 Å². The van der Waals surface area contributed by atoms with E-state index in [2.05, 4.69) is 11.4 Å². The minimum absolute atomic E-state index is 0.250. The van der Waals surface area contributed by atoms with Gasteiger partial charge in [0.05, 0.1) is 5.60 Å². The van der Waals surface area contributed by atoms with Crippen molar-refractivity contribution in [3.05, 3.63) is 29.8 Å². The molecule has 0 aromatic heterocycles. The standard InChI is InChI=1S/C15H23NO2/c1-16-11-13-6-3-4-9-15(13,18-2)12-7-5-8-14(17)10-12/h5,7-8,10,13,16-17H,3-4,6,9,11H2,1-2H3/t13-,15+/m1/s1. The predicted molar refractivity (Wildman–Crippen MR) is 72.7 cm³/mol. The zero-order valence-corrected chi connectivity index (χ0v) is 11.3. The van der Waals surface area contributed by atoms with E-state index < -0.39 is 0 Å². The van der Waals surface area contributed by atoms with Crippen molar-refractivity contribution in [2.24, 2.45) is 5.92 Å². The molecule has 0 bridgehead atoms. The monoisotopic (exact) mass is 249 g/mol. The van der Waals surface area contributed by atoms with E-state index >= 15 is 0 Å². The number of hydrogen-bond donors (Lipinski definition) is 2. The van der Waals surface area contributed by atoms with Gasteiger partial charge < -0.3 is 15.2 Å². The van der Waals surface area contributed by atoms with E-state index in [1.165, 1.54) is 19.3 Å². The second kappa shape index (κ2) is 5.72. The molecule has 1 aliphatic carbocycles. The molecule has 2 N–H and O–H groups in total. The van der Waals surface area contributed by atoms with Gasteiger partial charge >= 0.3 is 0 Å². The lowest BCUT2D eigenvalue weighted by Crippen LogP contribution is -2.44. The fourth-order valence-electron chi connectivity index (χ4n) is 3.26. The van der Waals surface area contributed by atoms with E-state index in [0.29, 0.717) is 11.7 Å². The van der Waals surface area contributed by atoms with Crippen molar-refractivity contribution in [1.82, 2.24) is 5.32 Å². The number of phenols is 1. The molecule has 0 saturated heterocycles. The number of rotatable bonds is 4. The zero-order chi connectivity index (χ0) is 13.0. The Hall–Kier alpha value is -1.06. The average Bonchev–Trinajstić information content (AvgIpc) is 2.40. The quantitative estimate of drug-likeness (QED) is 0.862. The molecule has 2 atom stereocenters. The van der Waals surface area contributed by atoms with Crippen molar-refractivity contribution in [2.75, 3.05) is 20.7 Å². The Balaban J connectivity index is 2.37. The number of aromatic hydroxyl groups is 1. The summed E-state index contributed by atoms with van der Waals surface area (Å²) >= 11 is 0. The van der Waals surface area contributed by atoms with Gasteiger partial charge in [-0.25, -0.2) is 0 Å². The molecule has 1 aliphatic rings. The van der Waals surface area contributed by atoms with Crippen LogP contribution < -0.4 is 5.32 Å². The molecule has 0 radical (unpaired) electrons. The maximum absolute atomic E-state index is 9.70. The molecule has 0 amide bonds. The Morgan fingerprint density at radius 2 is 2.28 bits per heavy atom. The van der Waals surface area contributed by atoms with Crippen LogP contribution in [0.3, 0.4) is 0 Å². The highest BCUT2D eigenvalue weighted by atomic mass is 16.5. The molecule has 1 fully saturated rings. The summed E-state index contributed by atoms with van der Waals surface area (Å²) in [4.78, 5) is 0. The highest BCUT2D eigenvalue weighted by Crippen LogP contribution is 2.44. The minimum atomic E-state index is -0.250. The first-order chi connectivity index (χ1) is 8.73. The van der Waals surface area contributed by atoms with Gasteiger partial charge in [-0.05, 0) is 37.6 Å². The van der Waals surface area contributed by atoms with Crippen LogP contribution in [0.25, 0.3) is 0 Å². The fraction of sp³-hybridized carbons (Fsp3) is 0.600. The summed E-state index contributed by atoms with van der Waals surface area (Å²) in [6.45, 7) is 0.948. The molecule has 18 heavy (non-hydrogen) atoms. The van der Waals surface area contributed by atoms with E-state index in [9.17, 15) is 5.11 Å². The molecule has 0 spiro atoms. The zero-order valence-electron chi connectivity index (χ0n) is 11.3. The minimum Gasteiger partial charge on any atom is -0.508 e. The third-order valence-corrected chi connectivity index (χ3v) is 4.16. The number of hydrogen-bond acceptors (Lipinski definition) is 3. The van der Waals surface area contributed by atoms with Gasteiger partial charge in [-0.3, -0.25) is 0 Å². The number of benzene rings is 1. The van der Waals surface area contributed by atoms with E-state index in [4.69, 9.17) is 4.74 Å². The smallest absolute Gasteiger partial charge is 0.115 e. The topological polar surface area (TPSA) is 41.5 Å². The second-order valence-electron chi connectivity index (χ2n) is 5.14. The maximum atomic E-state index is 9.70. The van der Waals surface area contributed by atoms with Gasteiger partial charge in [0, 0.05) is 19.6 Å². The Morgan fingerprint density at radius 1 is 1.44 bits per heavy atom. The second-order valence-corrected chi connectivity index (χ2v) is 5.14.